The minimum Gasteiger partial charge on any atom is -0.535 e. The summed E-state index contributed by atoms with van der Waals surface area (Å²) in [6.07, 6.45) is 1.07. The largest absolute Gasteiger partial charge is 0.535 e. The van der Waals surface area contributed by atoms with Crippen LogP contribution in [0.2, 0.25) is 6.32 Å². The number of carboxylic acids is 1. The van der Waals surface area contributed by atoms with Crippen molar-refractivity contribution in [2.24, 2.45) is 0 Å². The molecule has 90 valence electrons. The van der Waals surface area contributed by atoms with Crippen molar-refractivity contribution in [1.82, 2.24) is 0 Å². The monoisotopic (exact) mass is 236 g/mol. The van der Waals surface area contributed by atoms with Crippen LogP contribution in [0.1, 0.15) is 21.5 Å². The number of aryl methyl sites for hydroxylation is 2. The Morgan fingerprint density at radius 2 is 2.29 bits per heavy atom. The van der Waals surface area contributed by atoms with E-state index in [1.807, 2.05) is 6.07 Å². The summed E-state index contributed by atoms with van der Waals surface area (Å²) >= 11 is 0. The molecule has 0 atom stereocenters. The SMILES string of the molecule is COc1c(C)cc2c(c1C(=O)O)OB(O)CC2. The van der Waals surface area contributed by atoms with Gasteiger partial charge in [0.25, 0.3) is 0 Å². The smallest absolute Gasteiger partial charge is 0.522 e. The quantitative estimate of drug-likeness (QED) is 0.752. The molecule has 2 N–H and O–H groups in total. The van der Waals surface area contributed by atoms with Crippen LogP contribution in [0.15, 0.2) is 6.07 Å². The van der Waals surface area contributed by atoms with Gasteiger partial charge in [0.2, 0.25) is 0 Å². The maximum Gasteiger partial charge on any atom is 0.522 e. The van der Waals surface area contributed by atoms with Crippen molar-refractivity contribution in [2.75, 3.05) is 7.11 Å². The first-order valence-electron chi connectivity index (χ1n) is 5.33. The predicted molar refractivity (Wildman–Crippen MR) is 61.8 cm³/mol. The van der Waals surface area contributed by atoms with Gasteiger partial charge >= 0.3 is 13.1 Å². The molecule has 1 aromatic rings. The third-order valence-corrected chi connectivity index (χ3v) is 2.83. The average molecular weight is 236 g/mol. The molecule has 5 nitrogen and oxygen atoms in total. The fourth-order valence-corrected chi connectivity index (χ4v) is 2.10. The van der Waals surface area contributed by atoms with Crippen LogP contribution < -0.4 is 9.39 Å². The van der Waals surface area contributed by atoms with Crippen LogP contribution in [0.4, 0.5) is 0 Å². The van der Waals surface area contributed by atoms with Crippen LogP contribution in [-0.4, -0.2) is 30.3 Å². The lowest BCUT2D eigenvalue weighted by molar-refractivity contribution is 0.0690. The predicted octanol–water partition coefficient (Wildman–Crippen LogP) is 1.12. The Bertz CT molecular complexity index is 471. The maximum atomic E-state index is 11.3. The Kier molecular flexibility index (Phi) is 2.98. The van der Waals surface area contributed by atoms with E-state index in [2.05, 4.69) is 0 Å². The number of methoxy groups -OCH3 is 1. The second kappa shape index (κ2) is 4.29. The van der Waals surface area contributed by atoms with Gasteiger partial charge in [0.05, 0.1) is 7.11 Å². The molecule has 0 spiro atoms. The normalized spacial score (nSPS) is 13.9. The Hall–Kier alpha value is -1.69. The minimum atomic E-state index is -1.11. The van der Waals surface area contributed by atoms with E-state index in [1.165, 1.54) is 7.11 Å². The third-order valence-electron chi connectivity index (χ3n) is 2.83. The van der Waals surface area contributed by atoms with Gasteiger partial charge in [-0.05, 0) is 36.9 Å². The van der Waals surface area contributed by atoms with Crippen molar-refractivity contribution in [3.8, 4) is 11.5 Å². The number of carbonyl (C=O) groups is 1. The van der Waals surface area contributed by atoms with Gasteiger partial charge in [-0.1, -0.05) is 0 Å². The van der Waals surface area contributed by atoms with E-state index in [-0.39, 0.29) is 17.1 Å². The number of benzene rings is 1. The molecule has 1 aliphatic heterocycles. The number of hydrogen-bond acceptors (Lipinski definition) is 4. The molecule has 1 heterocycles. The minimum absolute atomic E-state index is 0.0127. The number of aromatic carboxylic acids is 1. The molecule has 0 radical (unpaired) electrons. The van der Waals surface area contributed by atoms with Crippen molar-refractivity contribution >= 4 is 13.1 Å². The molecule has 0 fully saturated rings. The molecule has 1 aromatic carbocycles. The van der Waals surface area contributed by atoms with Crippen molar-refractivity contribution in [3.05, 3.63) is 22.8 Å². The van der Waals surface area contributed by atoms with Crippen molar-refractivity contribution in [3.63, 3.8) is 0 Å². The molecule has 0 saturated heterocycles. The first-order valence-corrected chi connectivity index (χ1v) is 5.33. The van der Waals surface area contributed by atoms with E-state index in [1.54, 1.807) is 6.92 Å². The lowest BCUT2D eigenvalue weighted by atomic mass is 9.78. The van der Waals surface area contributed by atoms with E-state index in [0.29, 0.717) is 12.7 Å². The first-order chi connectivity index (χ1) is 8.04. The zero-order valence-corrected chi connectivity index (χ0v) is 9.69. The van der Waals surface area contributed by atoms with Crippen LogP contribution in [0, 0.1) is 6.92 Å². The number of rotatable bonds is 2. The molecule has 2 rings (SSSR count). The zero-order valence-electron chi connectivity index (χ0n) is 9.69. The summed E-state index contributed by atoms with van der Waals surface area (Å²) in [4.78, 5) is 11.3. The second-order valence-electron chi connectivity index (χ2n) is 4.01. The van der Waals surface area contributed by atoms with Gasteiger partial charge < -0.3 is 19.5 Å². The Morgan fingerprint density at radius 1 is 1.59 bits per heavy atom. The summed E-state index contributed by atoms with van der Waals surface area (Å²) in [5.74, 6) is -0.611. The maximum absolute atomic E-state index is 11.3. The highest BCUT2D eigenvalue weighted by molar-refractivity contribution is 6.44. The van der Waals surface area contributed by atoms with E-state index in [0.717, 1.165) is 11.1 Å². The highest BCUT2D eigenvalue weighted by Gasteiger charge is 2.30. The molecule has 0 bridgehead atoms. The number of carboxylic acid groups (broad SMARTS) is 1. The summed E-state index contributed by atoms with van der Waals surface area (Å²) in [5.41, 5.74) is 1.54. The second-order valence-corrected chi connectivity index (χ2v) is 4.01. The molecular formula is C11H13BO5. The van der Waals surface area contributed by atoms with Gasteiger partial charge in [0.15, 0.2) is 0 Å². The zero-order chi connectivity index (χ0) is 12.6. The lowest BCUT2D eigenvalue weighted by Crippen LogP contribution is -2.28. The molecule has 17 heavy (non-hydrogen) atoms. The van der Waals surface area contributed by atoms with Crippen LogP contribution >= 0.6 is 0 Å². The van der Waals surface area contributed by atoms with Gasteiger partial charge in [0.1, 0.15) is 17.1 Å². The molecule has 6 heteroatoms. The van der Waals surface area contributed by atoms with Crippen LogP contribution in [0.5, 0.6) is 11.5 Å². The molecule has 0 saturated carbocycles. The molecule has 1 aliphatic rings. The third kappa shape index (κ3) is 1.96. The van der Waals surface area contributed by atoms with E-state index in [9.17, 15) is 14.9 Å². The fraction of sp³-hybridized carbons (Fsp3) is 0.364. The summed E-state index contributed by atoms with van der Waals surface area (Å²) in [6.45, 7) is 1.79. The number of ether oxygens (including phenoxy) is 1. The number of hydrogen-bond donors (Lipinski definition) is 2. The van der Waals surface area contributed by atoms with Gasteiger partial charge in [-0.3, -0.25) is 0 Å². The van der Waals surface area contributed by atoms with E-state index >= 15 is 0 Å². The van der Waals surface area contributed by atoms with Crippen LogP contribution in [0.3, 0.4) is 0 Å². The summed E-state index contributed by atoms with van der Waals surface area (Å²) in [5, 5.41) is 18.7. The first kappa shape index (κ1) is 11.8. The topological polar surface area (TPSA) is 76.0 Å². The number of fused-ring (bicyclic) bond motifs is 1. The fourth-order valence-electron chi connectivity index (χ4n) is 2.10. The van der Waals surface area contributed by atoms with Crippen LogP contribution in [0.25, 0.3) is 0 Å². The van der Waals surface area contributed by atoms with E-state index in [4.69, 9.17) is 9.39 Å². The Morgan fingerprint density at radius 3 is 2.88 bits per heavy atom. The average Bonchev–Trinajstić information content (AvgIpc) is 2.27. The van der Waals surface area contributed by atoms with Crippen LogP contribution in [-0.2, 0) is 6.42 Å². The van der Waals surface area contributed by atoms with Gasteiger partial charge in [-0.25, -0.2) is 4.79 Å². The van der Waals surface area contributed by atoms with Gasteiger partial charge in [-0.15, -0.1) is 0 Å². The summed E-state index contributed by atoms with van der Waals surface area (Å²) < 4.78 is 10.3. The summed E-state index contributed by atoms with van der Waals surface area (Å²) in [7, 11) is 0.466. The highest BCUT2D eigenvalue weighted by atomic mass is 16.5. The molecule has 0 aliphatic carbocycles. The van der Waals surface area contributed by atoms with Crippen molar-refractivity contribution < 1.29 is 24.3 Å². The standard InChI is InChI=1S/C11H13BO5/c1-6-5-7-3-4-12(15)17-10(7)8(11(13)14)9(6)16-2/h5,15H,3-4H2,1-2H3,(H,13,14). The molecule has 0 unspecified atom stereocenters. The Balaban J connectivity index is 2.66. The molecular weight excluding hydrogens is 223 g/mol. The van der Waals surface area contributed by atoms with E-state index < -0.39 is 13.1 Å². The van der Waals surface area contributed by atoms with Gasteiger partial charge in [-0.2, -0.15) is 0 Å². The van der Waals surface area contributed by atoms with Crippen molar-refractivity contribution in [1.29, 1.82) is 0 Å². The lowest BCUT2D eigenvalue weighted by Gasteiger charge is -2.23. The molecule has 0 aromatic heterocycles. The highest BCUT2D eigenvalue weighted by Crippen LogP contribution is 2.38. The van der Waals surface area contributed by atoms with Crippen molar-refractivity contribution in [2.45, 2.75) is 19.7 Å². The summed E-state index contributed by atoms with van der Waals surface area (Å²) in [6, 6.07) is 1.84. The Labute approximate surface area is 99.1 Å². The molecule has 0 amide bonds. The van der Waals surface area contributed by atoms with Gasteiger partial charge in [0, 0.05) is 0 Å².